The summed E-state index contributed by atoms with van der Waals surface area (Å²) in [6.45, 7) is -0.225. The van der Waals surface area contributed by atoms with Gasteiger partial charge in [0.1, 0.15) is 28.5 Å². The van der Waals surface area contributed by atoms with Gasteiger partial charge < -0.3 is 29.3 Å². The number of hydrogen-bond acceptors (Lipinski definition) is 6. The molecule has 1 heterocycles. The number of fused-ring (bicyclic) bond motifs is 1. The smallest absolute Gasteiger partial charge is 0.293 e. The first-order valence-corrected chi connectivity index (χ1v) is 10.1. The molecule has 0 aliphatic heterocycles. The van der Waals surface area contributed by atoms with Crippen molar-refractivity contribution in [2.24, 2.45) is 0 Å². The summed E-state index contributed by atoms with van der Waals surface area (Å²) in [6.07, 6.45) is 0. The lowest BCUT2D eigenvalue weighted by Crippen LogP contribution is -2.22. The second kappa shape index (κ2) is 9.78. The molecule has 0 aliphatic carbocycles. The summed E-state index contributed by atoms with van der Waals surface area (Å²) in [6, 6.07) is 21.0. The van der Waals surface area contributed by atoms with E-state index in [9.17, 15) is 9.59 Å². The number of hydrogen-bond donors (Lipinski definition) is 2. The molecule has 168 valence electrons. The molecule has 33 heavy (non-hydrogen) atoms. The van der Waals surface area contributed by atoms with Gasteiger partial charge in [0.2, 0.25) is 5.76 Å². The van der Waals surface area contributed by atoms with E-state index in [4.69, 9.17) is 18.6 Å². The van der Waals surface area contributed by atoms with Crippen molar-refractivity contribution in [3.63, 3.8) is 0 Å². The molecule has 0 unspecified atom stereocenters. The summed E-state index contributed by atoms with van der Waals surface area (Å²) in [5, 5.41) is 6.11. The summed E-state index contributed by atoms with van der Waals surface area (Å²) in [5.41, 5.74) is 1.15. The number of carbonyl (C=O) groups is 2. The Bertz CT molecular complexity index is 1280. The van der Waals surface area contributed by atoms with Gasteiger partial charge in [-0.15, -0.1) is 0 Å². The van der Waals surface area contributed by atoms with Crippen LogP contribution in [0.1, 0.15) is 10.6 Å². The molecule has 0 fully saturated rings. The van der Waals surface area contributed by atoms with Crippen molar-refractivity contribution < 1.29 is 28.2 Å². The Balaban J connectivity index is 1.58. The molecule has 4 aromatic rings. The second-order valence-corrected chi connectivity index (χ2v) is 6.97. The van der Waals surface area contributed by atoms with Crippen LogP contribution in [0.25, 0.3) is 11.0 Å². The van der Waals surface area contributed by atoms with Crippen LogP contribution in [-0.2, 0) is 4.79 Å². The van der Waals surface area contributed by atoms with Gasteiger partial charge in [0.05, 0.1) is 19.9 Å². The van der Waals surface area contributed by atoms with Gasteiger partial charge in [-0.2, -0.15) is 0 Å². The van der Waals surface area contributed by atoms with Crippen LogP contribution in [0.15, 0.2) is 77.2 Å². The maximum Gasteiger partial charge on any atom is 0.293 e. The normalized spacial score (nSPS) is 10.5. The number of ether oxygens (including phenoxy) is 3. The fourth-order valence-corrected chi connectivity index (χ4v) is 3.25. The van der Waals surface area contributed by atoms with E-state index in [1.54, 1.807) is 54.6 Å². The summed E-state index contributed by atoms with van der Waals surface area (Å²) in [7, 11) is 3.03. The molecule has 0 spiro atoms. The number of para-hydroxylation sites is 2. The number of rotatable bonds is 8. The van der Waals surface area contributed by atoms with Gasteiger partial charge in [-0.05, 0) is 36.4 Å². The van der Waals surface area contributed by atoms with E-state index in [2.05, 4.69) is 10.6 Å². The Hall–Kier alpha value is -4.46. The second-order valence-electron chi connectivity index (χ2n) is 6.97. The zero-order valence-corrected chi connectivity index (χ0v) is 18.1. The van der Waals surface area contributed by atoms with Crippen molar-refractivity contribution in [2.45, 2.75) is 0 Å². The quantitative estimate of drug-likeness (QED) is 0.406. The fourth-order valence-electron chi connectivity index (χ4n) is 3.25. The molecule has 0 atom stereocenters. The van der Waals surface area contributed by atoms with Crippen molar-refractivity contribution in [3.05, 3.63) is 78.6 Å². The summed E-state index contributed by atoms with van der Waals surface area (Å²) in [5.74, 6) is 0.549. The molecular weight excluding hydrogens is 424 g/mol. The third-order valence-corrected chi connectivity index (χ3v) is 4.84. The van der Waals surface area contributed by atoms with Crippen LogP contribution in [0.5, 0.6) is 17.2 Å². The Morgan fingerprint density at radius 1 is 0.848 bits per heavy atom. The van der Waals surface area contributed by atoms with Gasteiger partial charge in [0.25, 0.3) is 11.8 Å². The Morgan fingerprint density at radius 3 is 2.36 bits per heavy atom. The highest BCUT2D eigenvalue weighted by atomic mass is 16.5. The lowest BCUT2D eigenvalue weighted by molar-refractivity contribution is -0.118. The molecule has 8 nitrogen and oxygen atoms in total. The largest absolute Gasteiger partial charge is 0.497 e. The van der Waals surface area contributed by atoms with E-state index in [0.29, 0.717) is 33.9 Å². The SMILES string of the molecule is COc1ccc(NC(=O)c2oc3ccccc3c2NC(=O)COc2ccccc2)c(OC)c1. The summed E-state index contributed by atoms with van der Waals surface area (Å²) in [4.78, 5) is 25.7. The Kier molecular flexibility index (Phi) is 6.45. The van der Waals surface area contributed by atoms with E-state index in [-0.39, 0.29) is 18.1 Å². The highest BCUT2D eigenvalue weighted by molar-refractivity contribution is 6.15. The molecule has 1 aromatic heterocycles. The van der Waals surface area contributed by atoms with Crippen LogP contribution in [-0.4, -0.2) is 32.6 Å². The molecule has 2 N–H and O–H groups in total. The van der Waals surface area contributed by atoms with E-state index in [1.807, 2.05) is 18.2 Å². The molecule has 0 aliphatic rings. The summed E-state index contributed by atoms with van der Waals surface area (Å²) >= 11 is 0. The molecule has 0 saturated heterocycles. The van der Waals surface area contributed by atoms with Crippen molar-refractivity contribution in [1.82, 2.24) is 0 Å². The topological polar surface area (TPSA) is 99.0 Å². The molecular formula is C25H22N2O6. The minimum Gasteiger partial charge on any atom is -0.497 e. The van der Waals surface area contributed by atoms with Gasteiger partial charge in [0.15, 0.2) is 6.61 Å². The molecule has 8 heteroatoms. The van der Waals surface area contributed by atoms with Crippen LogP contribution in [0.3, 0.4) is 0 Å². The van der Waals surface area contributed by atoms with Crippen LogP contribution < -0.4 is 24.8 Å². The number of furan rings is 1. The molecule has 3 aromatic carbocycles. The third-order valence-electron chi connectivity index (χ3n) is 4.84. The average Bonchev–Trinajstić information content (AvgIpc) is 3.22. The lowest BCUT2D eigenvalue weighted by Gasteiger charge is -2.12. The number of carbonyl (C=O) groups excluding carboxylic acids is 2. The zero-order valence-electron chi connectivity index (χ0n) is 18.1. The predicted molar refractivity (Wildman–Crippen MR) is 124 cm³/mol. The third kappa shape index (κ3) is 4.90. The lowest BCUT2D eigenvalue weighted by atomic mass is 10.2. The monoisotopic (exact) mass is 446 g/mol. The van der Waals surface area contributed by atoms with E-state index >= 15 is 0 Å². The minimum absolute atomic E-state index is 0.0397. The number of nitrogens with one attached hydrogen (secondary N) is 2. The van der Waals surface area contributed by atoms with E-state index in [0.717, 1.165) is 0 Å². The van der Waals surface area contributed by atoms with Crippen molar-refractivity contribution in [2.75, 3.05) is 31.5 Å². The molecule has 0 bridgehead atoms. The van der Waals surface area contributed by atoms with Crippen LogP contribution in [0.4, 0.5) is 11.4 Å². The first-order chi connectivity index (χ1) is 16.1. The van der Waals surface area contributed by atoms with Crippen molar-refractivity contribution in [3.8, 4) is 17.2 Å². The first-order valence-electron chi connectivity index (χ1n) is 10.1. The Labute approximate surface area is 190 Å². The molecule has 0 radical (unpaired) electrons. The van der Waals surface area contributed by atoms with Crippen molar-refractivity contribution in [1.29, 1.82) is 0 Å². The minimum atomic E-state index is -0.547. The van der Waals surface area contributed by atoms with Gasteiger partial charge >= 0.3 is 0 Å². The number of benzene rings is 3. The van der Waals surface area contributed by atoms with Crippen LogP contribution in [0.2, 0.25) is 0 Å². The van der Waals surface area contributed by atoms with Gasteiger partial charge in [0, 0.05) is 11.5 Å². The van der Waals surface area contributed by atoms with Crippen molar-refractivity contribution >= 4 is 34.2 Å². The highest BCUT2D eigenvalue weighted by Gasteiger charge is 2.23. The summed E-state index contributed by atoms with van der Waals surface area (Å²) < 4.78 is 21.8. The van der Waals surface area contributed by atoms with Gasteiger partial charge in [-0.25, -0.2) is 0 Å². The zero-order chi connectivity index (χ0) is 23.2. The molecule has 4 rings (SSSR count). The number of amides is 2. The standard InChI is InChI=1S/C25H22N2O6/c1-30-17-12-13-19(21(14-17)31-2)26-25(29)24-23(18-10-6-7-11-20(18)33-24)27-22(28)15-32-16-8-4-3-5-9-16/h3-14H,15H2,1-2H3,(H,26,29)(H,27,28). The highest BCUT2D eigenvalue weighted by Crippen LogP contribution is 2.33. The average molecular weight is 446 g/mol. The van der Waals surface area contributed by atoms with Gasteiger partial charge in [-0.3, -0.25) is 9.59 Å². The predicted octanol–water partition coefficient (Wildman–Crippen LogP) is 4.72. The first kappa shape index (κ1) is 21.8. The number of methoxy groups -OCH3 is 2. The fraction of sp³-hybridized carbons (Fsp3) is 0.120. The molecule has 2 amide bonds. The number of anilines is 2. The maximum absolute atomic E-state index is 13.1. The Morgan fingerprint density at radius 2 is 1.61 bits per heavy atom. The van der Waals surface area contributed by atoms with Crippen LogP contribution in [0, 0.1) is 0 Å². The van der Waals surface area contributed by atoms with Gasteiger partial charge in [-0.1, -0.05) is 30.3 Å². The van der Waals surface area contributed by atoms with E-state index < -0.39 is 11.8 Å². The maximum atomic E-state index is 13.1. The molecule has 0 saturated carbocycles. The van der Waals surface area contributed by atoms with E-state index in [1.165, 1.54) is 14.2 Å². The van der Waals surface area contributed by atoms with Crippen LogP contribution >= 0.6 is 0 Å².